The SMILES string of the molecule is C=CCc1cc(/C=N\NC(=O)C(O)(c2ccccc2)c2ccccc2)cc(OCC)c1OCc1cccc([N+](=O)[O-])c1. The van der Waals surface area contributed by atoms with Crippen molar-refractivity contribution >= 4 is 17.8 Å². The minimum atomic E-state index is -1.96. The molecule has 4 aromatic rings. The van der Waals surface area contributed by atoms with Gasteiger partial charge in [-0.1, -0.05) is 78.9 Å². The summed E-state index contributed by atoms with van der Waals surface area (Å²) in [5.74, 6) is 0.205. The zero-order valence-electron chi connectivity index (χ0n) is 23.1. The molecular formula is C33H31N3O6. The van der Waals surface area contributed by atoms with Gasteiger partial charge in [0, 0.05) is 17.7 Å². The standard InChI is InChI=1S/C33H31N3O6/c1-3-12-26-19-25(21-30(41-4-2)31(26)42-23-24-13-11-18-29(20-24)36(39)40)22-34-35-32(37)33(38,27-14-7-5-8-15-27)28-16-9-6-10-17-28/h3,5-11,13-22,38H,1,4,12,23H2,2H3,(H,35,37)/b34-22-. The van der Waals surface area contributed by atoms with Crippen LogP contribution >= 0.6 is 0 Å². The molecule has 0 spiro atoms. The van der Waals surface area contributed by atoms with Crippen molar-refractivity contribution in [3.63, 3.8) is 0 Å². The summed E-state index contributed by atoms with van der Waals surface area (Å²) in [5.41, 5.74) is 3.30. The highest BCUT2D eigenvalue weighted by molar-refractivity contribution is 5.91. The number of carbonyl (C=O) groups excluding carboxylic acids is 1. The Balaban J connectivity index is 1.59. The summed E-state index contributed by atoms with van der Waals surface area (Å²) in [6.45, 7) is 6.12. The maximum Gasteiger partial charge on any atom is 0.281 e. The van der Waals surface area contributed by atoms with Crippen LogP contribution in [0.4, 0.5) is 5.69 Å². The van der Waals surface area contributed by atoms with Crippen LogP contribution in [0.2, 0.25) is 0 Å². The van der Waals surface area contributed by atoms with E-state index in [1.165, 1.54) is 18.3 Å². The summed E-state index contributed by atoms with van der Waals surface area (Å²) in [5, 5.41) is 26.9. The van der Waals surface area contributed by atoms with Gasteiger partial charge in [-0.25, -0.2) is 5.43 Å². The van der Waals surface area contributed by atoms with Crippen LogP contribution in [0.5, 0.6) is 11.5 Å². The lowest BCUT2D eigenvalue weighted by atomic mass is 9.85. The lowest BCUT2D eigenvalue weighted by molar-refractivity contribution is -0.384. The van der Waals surface area contributed by atoms with E-state index < -0.39 is 16.4 Å². The van der Waals surface area contributed by atoms with Gasteiger partial charge in [0.15, 0.2) is 17.1 Å². The Morgan fingerprint density at radius 3 is 2.26 bits per heavy atom. The molecule has 0 fully saturated rings. The van der Waals surface area contributed by atoms with E-state index in [1.54, 1.807) is 84.9 Å². The van der Waals surface area contributed by atoms with E-state index in [0.29, 0.717) is 46.8 Å². The molecule has 0 saturated carbocycles. The first-order valence-corrected chi connectivity index (χ1v) is 13.3. The van der Waals surface area contributed by atoms with E-state index in [0.717, 1.165) is 5.56 Å². The zero-order chi connectivity index (χ0) is 30.0. The first-order valence-electron chi connectivity index (χ1n) is 13.3. The molecule has 0 aromatic heterocycles. The van der Waals surface area contributed by atoms with Crippen LogP contribution in [-0.2, 0) is 23.4 Å². The molecule has 4 rings (SSSR count). The number of nitro benzene ring substituents is 1. The number of allylic oxidation sites excluding steroid dienone is 1. The number of hydrogen-bond donors (Lipinski definition) is 2. The average Bonchev–Trinajstić information content (AvgIpc) is 3.01. The highest BCUT2D eigenvalue weighted by Crippen LogP contribution is 2.35. The van der Waals surface area contributed by atoms with Gasteiger partial charge >= 0.3 is 0 Å². The molecular weight excluding hydrogens is 534 g/mol. The van der Waals surface area contributed by atoms with E-state index in [-0.39, 0.29) is 12.3 Å². The highest BCUT2D eigenvalue weighted by Gasteiger charge is 2.39. The molecule has 0 atom stereocenters. The number of ether oxygens (including phenoxy) is 2. The van der Waals surface area contributed by atoms with E-state index in [4.69, 9.17) is 9.47 Å². The molecule has 9 heteroatoms. The predicted octanol–water partition coefficient (Wildman–Crippen LogP) is 5.69. The van der Waals surface area contributed by atoms with Crippen LogP contribution in [0.1, 0.15) is 34.7 Å². The number of amides is 1. The highest BCUT2D eigenvalue weighted by atomic mass is 16.6. The van der Waals surface area contributed by atoms with Crippen molar-refractivity contribution in [3.05, 3.63) is 148 Å². The van der Waals surface area contributed by atoms with Crippen molar-refractivity contribution < 1.29 is 24.3 Å². The molecule has 0 saturated heterocycles. The van der Waals surface area contributed by atoms with Gasteiger partial charge in [0.25, 0.3) is 11.6 Å². The minimum Gasteiger partial charge on any atom is -0.490 e. The molecule has 2 N–H and O–H groups in total. The second kappa shape index (κ2) is 13.9. The molecule has 0 radical (unpaired) electrons. The Hall–Kier alpha value is -5.28. The van der Waals surface area contributed by atoms with Gasteiger partial charge < -0.3 is 14.6 Å². The third-order valence-electron chi connectivity index (χ3n) is 6.41. The van der Waals surface area contributed by atoms with Crippen molar-refractivity contribution in [2.75, 3.05) is 6.61 Å². The monoisotopic (exact) mass is 565 g/mol. The largest absolute Gasteiger partial charge is 0.490 e. The molecule has 0 aliphatic rings. The van der Waals surface area contributed by atoms with E-state index in [9.17, 15) is 20.0 Å². The van der Waals surface area contributed by atoms with Crippen molar-refractivity contribution in [1.29, 1.82) is 0 Å². The Morgan fingerprint density at radius 1 is 1.00 bits per heavy atom. The van der Waals surface area contributed by atoms with Gasteiger partial charge in [0.05, 0.1) is 17.7 Å². The maximum absolute atomic E-state index is 13.4. The number of hydrazone groups is 1. The van der Waals surface area contributed by atoms with Crippen LogP contribution in [0.3, 0.4) is 0 Å². The van der Waals surface area contributed by atoms with Crippen LogP contribution in [0, 0.1) is 10.1 Å². The van der Waals surface area contributed by atoms with Gasteiger partial charge in [0.1, 0.15) is 6.61 Å². The number of non-ortho nitro benzene ring substituents is 1. The summed E-state index contributed by atoms with van der Waals surface area (Å²) in [6.07, 6.45) is 3.61. The second-order valence-electron chi connectivity index (χ2n) is 9.29. The van der Waals surface area contributed by atoms with Crippen LogP contribution in [0.15, 0.2) is 115 Å². The third kappa shape index (κ3) is 6.89. The summed E-state index contributed by atoms with van der Waals surface area (Å²) >= 11 is 0. The zero-order valence-corrected chi connectivity index (χ0v) is 23.1. The quantitative estimate of drug-likeness (QED) is 0.0930. The van der Waals surface area contributed by atoms with E-state index in [2.05, 4.69) is 17.1 Å². The first-order chi connectivity index (χ1) is 20.4. The lowest BCUT2D eigenvalue weighted by Gasteiger charge is -2.27. The van der Waals surface area contributed by atoms with Crippen LogP contribution in [0.25, 0.3) is 0 Å². The molecule has 1 amide bonds. The van der Waals surface area contributed by atoms with E-state index in [1.807, 2.05) is 13.0 Å². The number of nitrogens with one attached hydrogen (secondary N) is 1. The summed E-state index contributed by atoms with van der Waals surface area (Å²) < 4.78 is 11.9. The topological polar surface area (TPSA) is 123 Å². The molecule has 0 aliphatic carbocycles. The Bertz CT molecular complexity index is 1530. The van der Waals surface area contributed by atoms with Gasteiger partial charge in [-0.2, -0.15) is 5.10 Å². The molecule has 214 valence electrons. The summed E-state index contributed by atoms with van der Waals surface area (Å²) in [4.78, 5) is 24.1. The Kier molecular flexibility index (Phi) is 9.81. The number of nitro groups is 1. The van der Waals surface area contributed by atoms with Crippen molar-refractivity contribution in [3.8, 4) is 11.5 Å². The molecule has 0 unspecified atom stereocenters. The van der Waals surface area contributed by atoms with E-state index >= 15 is 0 Å². The smallest absolute Gasteiger partial charge is 0.281 e. The van der Waals surface area contributed by atoms with Gasteiger partial charge in [-0.15, -0.1) is 6.58 Å². The normalized spacial score (nSPS) is 11.2. The van der Waals surface area contributed by atoms with Gasteiger partial charge in [-0.3, -0.25) is 14.9 Å². The van der Waals surface area contributed by atoms with Gasteiger partial charge in [0.2, 0.25) is 0 Å². The lowest BCUT2D eigenvalue weighted by Crippen LogP contribution is -2.43. The first kappa shape index (κ1) is 29.7. The molecule has 9 nitrogen and oxygen atoms in total. The summed E-state index contributed by atoms with van der Waals surface area (Å²) in [6, 6.07) is 27.1. The fourth-order valence-electron chi connectivity index (χ4n) is 4.44. The molecule has 0 aliphatic heterocycles. The number of rotatable bonds is 13. The average molecular weight is 566 g/mol. The Labute approximate surface area is 243 Å². The molecule has 4 aromatic carbocycles. The molecule has 0 heterocycles. The predicted molar refractivity (Wildman–Crippen MR) is 161 cm³/mol. The number of aliphatic hydroxyl groups is 1. The minimum absolute atomic E-state index is 0.0209. The van der Waals surface area contributed by atoms with Gasteiger partial charge in [-0.05, 0) is 47.7 Å². The second-order valence-corrected chi connectivity index (χ2v) is 9.29. The van der Waals surface area contributed by atoms with Crippen LogP contribution < -0.4 is 14.9 Å². The fourth-order valence-corrected chi connectivity index (χ4v) is 4.44. The van der Waals surface area contributed by atoms with Crippen molar-refractivity contribution in [2.24, 2.45) is 5.10 Å². The van der Waals surface area contributed by atoms with Crippen molar-refractivity contribution in [1.82, 2.24) is 5.43 Å². The number of hydrogen-bond acceptors (Lipinski definition) is 7. The third-order valence-corrected chi connectivity index (χ3v) is 6.41. The molecule has 0 bridgehead atoms. The fraction of sp³-hybridized carbons (Fsp3) is 0.152. The number of carbonyl (C=O) groups is 1. The molecule has 42 heavy (non-hydrogen) atoms. The van der Waals surface area contributed by atoms with Crippen LogP contribution in [-0.4, -0.2) is 28.8 Å². The van der Waals surface area contributed by atoms with Crippen molar-refractivity contribution in [2.45, 2.75) is 25.6 Å². The summed E-state index contributed by atoms with van der Waals surface area (Å²) in [7, 11) is 0. The maximum atomic E-state index is 13.4. The Morgan fingerprint density at radius 2 is 1.67 bits per heavy atom. The number of nitrogens with zero attached hydrogens (tertiary/aromatic N) is 2. The number of benzene rings is 4.